The third-order valence-electron chi connectivity index (χ3n) is 0. The van der Waals surface area contributed by atoms with Gasteiger partial charge in [0.05, 0.1) is 0 Å². The number of hydrogen-bond acceptors (Lipinski definition) is 4. The lowest BCUT2D eigenvalue weighted by Crippen LogP contribution is -1.89. The number of hydrogen-bond donors (Lipinski definition) is 4. The van der Waals surface area contributed by atoms with Crippen LogP contribution < -0.4 is 11.4 Å². The minimum atomic E-state index is -4.67. The third kappa shape index (κ3) is 24500. The second-order valence-electron chi connectivity index (χ2n) is 0.448. The topological polar surface area (TPSA) is 136 Å². The van der Waals surface area contributed by atoms with Crippen molar-refractivity contribution in [2.24, 2.45) is 5.25 Å². The summed E-state index contributed by atoms with van der Waals surface area (Å²) in [5, 5.41) is 3.97. The smallest absolute Gasteiger partial charge is 0.344 e. The summed E-state index contributed by atoms with van der Waals surface area (Å²) >= 11 is 4.14. The summed E-state index contributed by atoms with van der Waals surface area (Å²) in [5.74, 6) is 0. The first-order chi connectivity index (χ1) is 3.00. The van der Waals surface area contributed by atoms with Crippen molar-refractivity contribution in [2.45, 2.75) is 0 Å². The predicted octanol–water partition coefficient (Wildman–Crippen LogP) is -0.392. The van der Waals surface area contributed by atoms with Crippen molar-refractivity contribution in [1.82, 2.24) is 6.15 Å². The molecule has 0 radical (unpaired) electrons. The van der Waals surface area contributed by atoms with E-state index in [-0.39, 0.29) is 6.15 Å². The first-order valence-electron chi connectivity index (χ1n) is 0.917. The van der Waals surface area contributed by atoms with E-state index in [4.69, 9.17) is 17.5 Å². The monoisotopic (exact) mass is 166 g/mol. The van der Waals surface area contributed by atoms with E-state index in [1.54, 1.807) is 0 Å². The van der Waals surface area contributed by atoms with Gasteiger partial charge in [0.15, 0.2) is 0 Å². The molecule has 6 nitrogen and oxygen atoms in total. The fraction of sp³-hybridized carbons (Fsp3) is 0. The van der Waals surface area contributed by atoms with Crippen molar-refractivity contribution in [2.75, 3.05) is 0 Å². The molecule has 8 heteroatoms. The zero-order chi connectivity index (χ0) is 6.50. The quantitative estimate of drug-likeness (QED) is 0.286. The maximum atomic E-state index is 8.74. The summed E-state index contributed by atoms with van der Waals surface area (Å²) in [6.45, 7) is 0. The van der Waals surface area contributed by atoms with E-state index in [9.17, 15) is 0 Å². The molecular weight excluding hydrogens is 160 g/mol. The van der Waals surface area contributed by atoms with Crippen molar-refractivity contribution in [3.05, 3.63) is 0 Å². The molecule has 0 saturated carbocycles. The molecule has 0 atom stereocenters. The van der Waals surface area contributed by atoms with Crippen molar-refractivity contribution < 1.29 is 17.5 Å². The van der Waals surface area contributed by atoms with Crippen LogP contribution in [0.2, 0.25) is 0 Å². The Balaban J connectivity index is -0.0000000750. The van der Waals surface area contributed by atoms with Crippen LogP contribution in [0.15, 0.2) is 0 Å². The van der Waals surface area contributed by atoms with Crippen molar-refractivity contribution in [3.63, 3.8) is 0 Å². The highest BCUT2D eigenvalue weighted by atomic mass is 35.5. The van der Waals surface area contributed by atoms with Gasteiger partial charge in [0.25, 0.3) is 0 Å². The van der Waals surface area contributed by atoms with Crippen LogP contribution in [-0.4, -0.2) is 17.5 Å². The van der Waals surface area contributed by atoms with E-state index in [0.717, 1.165) is 0 Å². The van der Waals surface area contributed by atoms with Gasteiger partial charge < -0.3 is 6.15 Å². The molecule has 0 unspecified atom stereocenters. The maximum Gasteiger partial charge on any atom is 0.394 e. The molecule has 0 aromatic carbocycles. The standard InChI is InChI=1S/ClH2N.H3N.H2O4S/c1-2;;1-5(2,3)4/h2H2;1H3;(H2,1,2,3,4). The molecule has 0 bridgehead atoms. The van der Waals surface area contributed by atoms with Crippen molar-refractivity contribution >= 4 is 22.2 Å². The average Bonchev–Trinajstić information content (AvgIpc) is 1.36. The van der Waals surface area contributed by atoms with Crippen LogP contribution in [0.4, 0.5) is 0 Å². The molecule has 0 spiro atoms. The Morgan fingerprint density at radius 1 is 1.25 bits per heavy atom. The van der Waals surface area contributed by atoms with Gasteiger partial charge in [-0.1, -0.05) is 0 Å². The SMILES string of the molecule is N.NCl.O=S(=O)(O)O. The minimum absolute atomic E-state index is 0. The van der Waals surface area contributed by atoms with E-state index in [0.29, 0.717) is 0 Å². The van der Waals surface area contributed by atoms with E-state index >= 15 is 0 Å². The third-order valence-corrected chi connectivity index (χ3v) is 0. The van der Waals surface area contributed by atoms with E-state index < -0.39 is 10.4 Å². The summed E-state index contributed by atoms with van der Waals surface area (Å²) < 4.78 is 31.6. The van der Waals surface area contributed by atoms with Crippen LogP contribution >= 0.6 is 11.8 Å². The molecule has 0 aliphatic carbocycles. The zero-order valence-electron chi connectivity index (χ0n) is 3.78. The van der Waals surface area contributed by atoms with Crippen molar-refractivity contribution in [1.29, 1.82) is 0 Å². The first kappa shape index (κ1) is 15.7. The number of nitrogens with two attached hydrogens (primary N) is 1. The van der Waals surface area contributed by atoms with E-state index in [2.05, 4.69) is 17.0 Å². The van der Waals surface area contributed by atoms with Crippen LogP contribution in [-0.2, 0) is 10.4 Å². The van der Waals surface area contributed by atoms with Crippen molar-refractivity contribution in [3.8, 4) is 0 Å². The fourth-order valence-electron chi connectivity index (χ4n) is 0. The van der Waals surface area contributed by atoms with Gasteiger partial charge in [-0.2, -0.15) is 8.42 Å². The number of halogens is 1. The summed E-state index contributed by atoms with van der Waals surface area (Å²) in [6.07, 6.45) is 0. The van der Waals surface area contributed by atoms with Crippen LogP contribution in [0, 0.1) is 0 Å². The van der Waals surface area contributed by atoms with E-state index in [1.807, 2.05) is 0 Å². The van der Waals surface area contributed by atoms with Gasteiger partial charge in [-0.3, -0.25) is 9.11 Å². The maximum absolute atomic E-state index is 8.74. The molecule has 0 fully saturated rings. The van der Waals surface area contributed by atoms with E-state index in [1.165, 1.54) is 0 Å². The second kappa shape index (κ2) is 7.08. The molecule has 8 heavy (non-hydrogen) atoms. The normalized spacial score (nSPS) is 8.00. The zero-order valence-corrected chi connectivity index (χ0v) is 5.35. The first-order valence-corrected chi connectivity index (χ1v) is 2.75. The molecule has 54 valence electrons. The Hall–Kier alpha value is 0.0800. The molecular formula is H7ClN2O4S. The Bertz CT molecular complexity index is 97.2. The van der Waals surface area contributed by atoms with Gasteiger partial charge >= 0.3 is 10.4 Å². The Labute approximate surface area is 51.9 Å². The molecule has 0 rings (SSSR count). The molecule has 0 aliphatic rings. The molecule has 7 N–H and O–H groups in total. The lowest BCUT2D eigenvalue weighted by atomic mass is 14.0. The second-order valence-corrected chi connectivity index (χ2v) is 1.34. The largest absolute Gasteiger partial charge is 0.394 e. The molecule has 0 aliphatic heterocycles. The lowest BCUT2D eigenvalue weighted by molar-refractivity contribution is 0.381. The molecule has 0 saturated heterocycles. The summed E-state index contributed by atoms with van der Waals surface area (Å²) in [4.78, 5) is 0. The molecule has 0 aromatic heterocycles. The Morgan fingerprint density at radius 3 is 1.25 bits per heavy atom. The Morgan fingerprint density at radius 2 is 1.25 bits per heavy atom. The number of rotatable bonds is 0. The minimum Gasteiger partial charge on any atom is -0.344 e. The average molecular weight is 167 g/mol. The van der Waals surface area contributed by atoms with Gasteiger partial charge in [0.2, 0.25) is 0 Å². The van der Waals surface area contributed by atoms with Crippen LogP contribution in [0.25, 0.3) is 0 Å². The van der Waals surface area contributed by atoms with Crippen LogP contribution in [0.1, 0.15) is 0 Å². The molecule has 0 heterocycles. The van der Waals surface area contributed by atoms with Gasteiger partial charge in [-0.25, -0.2) is 5.25 Å². The fourth-order valence-corrected chi connectivity index (χ4v) is 0. The summed E-state index contributed by atoms with van der Waals surface area (Å²) in [5.41, 5.74) is 0. The van der Waals surface area contributed by atoms with Crippen LogP contribution in [0.5, 0.6) is 0 Å². The van der Waals surface area contributed by atoms with Gasteiger partial charge in [-0.15, -0.1) is 0 Å². The Kier molecular flexibility index (Phi) is 13.9. The molecule has 0 amide bonds. The summed E-state index contributed by atoms with van der Waals surface area (Å²) in [6, 6.07) is 0. The lowest BCUT2D eigenvalue weighted by Gasteiger charge is -1.68. The predicted molar refractivity (Wildman–Crippen MR) is 29.2 cm³/mol. The molecule has 0 aromatic rings. The van der Waals surface area contributed by atoms with Gasteiger partial charge in [0, 0.05) is 0 Å². The van der Waals surface area contributed by atoms with Gasteiger partial charge in [0.1, 0.15) is 0 Å². The highest BCUT2D eigenvalue weighted by Gasteiger charge is 1.84. The van der Waals surface area contributed by atoms with Gasteiger partial charge in [-0.05, 0) is 11.8 Å². The summed E-state index contributed by atoms with van der Waals surface area (Å²) in [7, 11) is -4.67. The highest BCUT2D eigenvalue weighted by Crippen LogP contribution is 1.59. The van der Waals surface area contributed by atoms with Crippen LogP contribution in [0.3, 0.4) is 0 Å². The highest BCUT2D eigenvalue weighted by molar-refractivity contribution is 7.79.